The third-order valence-electron chi connectivity index (χ3n) is 5.92. The number of fused-ring (bicyclic) bond motifs is 1. The fourth-order valence-corrected chi connectivity index (χ4v) is 4.92. The molecule has 0 unspecified atom stereocenters. The average Bonchev–Trinajstić information content (AvgIpc) is 3.23. The summed E-state index contributed by atoms with van der Waals surface area (Å²) in [7, 11) is 0. The number of ether oxygens (including phenoxy) is 2. The molecule has 1 fully saturated rings. The Labute approximate surface area is 203 Å². The van der Waals surface area contributed by atoms with E-state index in [1.54, 1.807) is 22.0 Å². The van der Waals surface area contributed by atoms with Crippen LogP contribution in [-0.2, 0) is 24.3 Å². The standard InChI is InChI=1S/C25H27N3O3S.ClH/c1-18-17-32-24(26-18)16-31-23-6-7-28(25(29)14-23)22-5-4-20-12-19(2-3-21(20)13-22)15-27-8-10-30-11-9-27;/h2-3,6-7,12-14,17H,4-5,8-11,15-16H2,1H3;1H. The fourth-order valence-electron chi connectivity index (χ4n) is 4.24. The van der Waals surface area contributed by atoms with Gasteiger partial charge in [0.15, 0.2) is 0 Å². The Kier molecular flexibility index (Phi) is 7.65. The van der Waals surface area contributed by atoms with Crippen molar-refractivity contribution in [1.29, 1.82) is 0 Å². The van der Waals surface area contributed by atoms with Crippen molar-refractivity contribution in [2.75, 3.05) is 26.3 Å². The van der Waals surface area contributed by atoms with E-state index in [0.29, 0.717) is 12.4 Å². The van der Waals surface area contributed by atoms with Crippen molar-refractivity contribution in [2.45, 2.75) is 32.9 Å². The van der Waals surface area contributed by atoms with Gasteiger partial charge in [0.1, 0.15) is 17.4 Å². The highest BCUT2D eigenvalue weighted by molar-refractivity contribution is 7.09. The first-order valence-corrected chi connectivity index (χ1v) is 11.9. The van der Waals surface area contributed by atoms with Crippen LogP contribution in [-0.4, -0.2) is 40.8 Å². The Balaban J connectivity index is 0.00000259. The van der Waals surface area contributed by atoms with Gasteiger partial charge >= 0.3 is 0 Å². The topological polar surface area (TPSA) is 56.6 Å². The minimum atomic E-state index is -0.0727. The van der Waals surface area contributed by atoms with E-state index in [4.69, 9.17) is 9.47 Å². The van der Waals surface area contributed by atoms with Crippen molar-refractivity contribution in [1.82, 2.24) is 14.5 Å². The number of aryl methyl sites for hydroxylation is 2. The highest BCUT2D eigenvalue weighted by Crippen LogP contribution is 2.28. The van der Waals surface area contributed by atoms with Crippen molar-refractivity contribution >= 4 is 35.5 Å². The maximum Gasteiger partial charge on any atom is 0.258 e. The van der Waals surface area contributed by atoms with Gasteiger partial charge < -0.3 is 9.47 Å². The molecule has 174 valence electrons. The molecule has 1 aliphatic carbocycles. The second-order valence-corrected chi connectivity index (χ2v) is 9.24. The molecule has 1 aromatic carbocycles. The molecule has 0 saturated carbocycles. The maximum atomic E-state index is 12.8. The van der Waals surface area contributed by atoms with Gasteiger partial charge in [0.25, 0.3) is 5.56 Å². The second-order valence-electron chi connectivity index (χ2n) is 8.30. The van der Waals surface area contributed by atoms with Crippen LogP contribution in [0.4, 0.5) is 0 Å². The Bertz CT molecular complexity index is 1200. The van der Waals surface area contributed by atoms with Crippen LogP contribution in [0.15, 0.2) is 46.7 Å². The van der Waals surface area contributed by atoms with E-state index in [9.17, 15) is 4.79 Å². The molecule has 6 nitrogen and oxygen atoms in total. The molecule has 3 heterocycles. The molecule has 0 bridgehead atoms. The average molecular weight is 486 g/mol. The highest BCUT2D eigenvalue weighted by atomic mass is 35.5. The summed E-state index contributed by atoms with van der Waals surface area (Å²) >= 11 is 1.57. The first-order valence-electron chi connectivity index (χ1n) is 11.0. The zero-order valence-corrected chi connectivity index (χ0v) is 20.3. The third-order valence-corrected chi connectivity index (χ3v) is 6.86. The predicted molar refractivity (Wildman–Crippen MR) is 134 cm³/mol. The summed E-state index contributed by atoms with van der Waals surface area (Å²) < 4.78 is 12.9. The minimum absolute atomic E-state index is 0. The van der Waals surface area contributed by atoms with Crippen LogP contribution < -0.4 is 10.3 Å². The molecule has 0 atom stereocenters. The first kappa shape index (κ1) is 23.7. The lowest BCUT2D eigenvalue weighted by molar-refractivity contribution is 0.0342. The number of rotatable bonds is 6. The van der Waals surface area contributed by atoms with E-state index < -0.39 is 0 Å². The van der Waals surface area contributed by atoms with Crippen molar-refractivity contribution < 1.29 is 9.47 Å². The van der Waals surface area contributed by atoms with Crippen LogP contribution in [0.25, 0.3) is 11.8 Å². The summed E-state index contributed by atoms with van der Waals surface area (Å²) in [4.78, 5) is 19.6. The lowest BCUT2D eigenvalue weighted by atomic mass is 9.93. The Morgan fingerprint density at radius 2 is 2.00 bits per heavy atom. The van der Waals surface area contributed by atoms with Crippen LogP contribution in [0.2, 0.25) is 0 Å². The normalized spacial score (nSPS) is 16.0. The number of halogens is 1. The number of morpholine rings is 1. The van der Waals surface area contributed by atoms with Gasteiger partial charge in [0.05, 0.1) is 13.2 Å². The minimum Gasteiger partial charge on any atom is -0.486 e. The molecule has 2 aliphatic rings. The SMILES string of the molecule is Cc1csc(COc2ccn(C3=Cc4ccc(CN5CCOCC5)cc4CC3)c(=O)c2)n1.Cl. The molecule has 0 amide bonds. The second kappa shape index (κ2) is 10.7. The Hall–Kier alpha value is -2.45. The summed E-state index contributed by atoms with van der Waals surface area (Å²) in [5, 5.41) is 2.90. The van der Waals surface area contributed by atoms with Gasteiger partial charge in [0.2, 0.25) is 0 Å². The largest absolute Gasteiger partial charge is 0.486 e. The van der Waals surface area contributed by atoms with Crippen molar-refractivity contribution in [2.24, 2.45) is 0 Å². The van der Waals surface area contributed by atoms with Gasteiger partial charge in [-0.3, -0.25) is 14.3 Å². The van der Waals surface area contributed by atoms with Crippen molar-refractivity contribution in [3.05, 3.63) is 79.7 Å². The summed E-state index contributed by atoms with van der Waals surface area (Å²) in [5.74, 6) is 0.573. The van der Waals surface area contributed by atoms with Crippen LogP contribution in [0.1, 0.15) is 33.8 Å². The fraction of sp³-hybridized carbons (Fsp3) is 0.360. The van der Waals surface area contributed by atoms with Crippen LogP contribution in [0, 0.1) is 6.92 Å². The number of allylic oxidation sites excluding steroid dienone is 1. The van der Waals surface area contributed by atoms with Crippen LogP contribution >= 0.6 is 23.7 Å². The first-order chi connectivity index (χ1) is 15.6. The van der Waals surface area contributed by atoms with Crippen LogP contribution in [0.3, 0.4) is 0 Å². The number of benzene rings is 1. The molecule has 5 rings (SSSR count). The zero-order valence-electron chi connectivity index (χ0n) is 18.7. The van der Waals surface area contributed by atoms with Gasteiger partial charge in [-0.05, 0) is 48.6 Å². The Morgan fingerprint density at radius 1 is 1.15 bits per heavy atom. The van der Waals surface area contributed by atoms with Gasteiger partial charge in [-0.15, -0.1) is 23.7 Å². The third kappa shape index (κ3) is 5.73. The molecule has 0 N–H and O–H groups in total. The van der Waals surface area contributed by atoms with E-state index >= 15 is 0 Å². The maximum absolute atomic E-state index is 12.8. The molecule has 8 heteroatoms. The molecule has 0 spiro atoms. The number of hydrogen-bond acceptors (Lipinski definition) is 6. The molecule has 2 aromatic heterocycles. The number of aromatic nitrogens is 2. The number of nitrogens with zero attached hydrogens (tertiary/aromatic N) is 3. The summed E-state index contributed by atoms with van der Waals surface area (Å²) in [5.41, 5.74) is 5.83. The van der Waals surface area contributed by atoms with Crippen molar-refractivity contribution in [3.8, 4) is 5.75 Å². The van der Waals surface area contributed by atoms with Crippen molar-refractivity contribution in [3.63, 3.8) is 0 Å². The summed E-state index contributed by atoms with van der Waals surface area (Å²) in [6.45, 7) is 6.93. The van der Waals surface area contributed by atoms with E-state index in [1.807, 2.05) is 24.6 Å². The number of thiazole rings is 1. The van der Waals surface area contributed by atoms with E-state index in [1.165, 1.54) is 16.7 Å². The lowest BCUT2D eigenvalue weighted by Gasteiger charge is -2.27. The quantitative estimate of drug-likeness (QED) is 0.518. The van der Waals surface area contributed by atoms with Gasteiger partial charge in [-0.2, -0.15) is 0 Å². The number of hydrogen-bond donors (Lipinski definition) is 0. The molecule has 3 aromatic rings. The van der Waals surface area contributed by atoms with E-state index in [-0.39, 0.29) is 18.0 Å². The smallest absolute Gasteiger partial charge is 0.258 e. The molecule has 1 saturated heterocycles. The van der Waals surface area contributed by atoms with E-state index in [0.717, 1.165) is 62.1 Å². The molecule has 0 radical (unpaired) electrons. The van der Waals surface area contributed by atoms with Crippen LogP contribution in [0.5, 0.6) is 5.75 Å². The summed E-state index contributed by atoms with van der Waals surface area (Å²) in [6.07, 6.45) is 5.73. The van der Waals surface area contributed by atoms with E-state index in [2.05, 4.69) is 34.2 Å². The van der Waals surface area contributed by atoms with Gasteiger partial charge in [-0.1, -0.05) is 18.2 Å². The zero-order chi connectivity index (χ0) is 21.9. The highest BCUT2D eigenvalue weighted by Gasteiger charge is 2.16. The van der Waals surface area contributed by atoms with Gasteiger partial charge in [0, 0.05) is 48.7 Å². The molecule has 1 aliphatic heterocycles. The number of pyridine rings is 1. The molecule has 33 heavy (non-hydrogen) atoms. The summed E-state index contributed by atoms with van der Waals surface area (Å²) in [6, 6.07) is 10.1. The molecular weight excluding hydrogens is 458 g/mol. The molecular formula is C25H28ClN3O3S. The monoisotopic (exact) mass is 485 g/mol. The lowest BCUT2D eigenvalue weighted by Crippen LogP contribution is -2.35. The Morgan fingerprint density at radius 3 is 2.76 bits per heavy atom. The predicted octanol–water partition coefficient (Wildman–Crippen LogP) is 4.39. The van der Waals surface area contributed by atoms with Gasteiger partial charge in [-0.25, -0.2) is 4.98 Å².